The van der Waals surface area contributed by atoms with Crippen molar-refractivity contribution in [3.05, 3.63) is 90.1 Å². The fraction of sp³-hybridized carbons (Fsp3) is 0.280. The largest absolute Gasteiger partial charge is 0.295 e. The van der Waals surface area contributed by atoms with Crippen molar-refractivity contribution >= 4 is 16.9 Å². The van der Waals surface area contributed by atoms with E-state index in [1.54, 1.807) is 30.4 Å². The Hall–Kier alpha value is -3.01. The minimum atomic E-state index is -0.283. The second-order valence-electron chi connectivity index (χ2n) is 6.86. The van der Waals surface area contributed by atoms with Gasteiger partial charge in [0.05, 0.1) is 5.69 Å². The Balaban J connectivity index is 1.98. The predicted octanol–water partition coefficient (Wildman–Crippen LogP) is 6.47. The van der Waals surface area contributed by atoms with Crippen molar-refractivity contribution in [2.75, 3.05) is 0 Å². The normalized spacial score (nSPS) is 12.5. The van der Waals surface area contributed by atoms with Crippen LogP contribution in [-0.4, -0.2) is 16.0 Å². The molecule has 29 heavy (non-hydrogen) atoms. The zero-order valence-electron chi connectivity index (χ0n) is 17.2. The quantitative estimate of drug-likeness (QED) is 0.352. The Labute approximate surface area is 172 Å². The van der Waals surface area contributed by atoms with Gasteiger partial charge in [-0.15, -0.1) is 0 Å². The molecule has 0 saturated carbocycles. The van der Waals surface area contributed by atoms with Crippen LogP contribution in [0.2, 0.25) is 0 Å². The van der Waals surface area contributed by atoms with Gasteiger partial charge in [0, 0.05) is 23.3 Å². The highest BCUT2D eigenvalue weighted by molar-refractivity contribution is 5.96. The van der Waals surface area contributed by atoms with Crippen LogP contribution in [0.5, 0.6) is 0 Å². The van der Waals surface area contributed by atoms with Gasteiger partial charge in [0.25, 0.3) is 0 Å². The molecule has 0 fully saturated rings. The third-order valence-electron chi connectivity index (χ3n) is 4.51. The summed E-state index contributed by atoms with van der Waals surface area (Å²) in [4.78, 5) is 12.4. The molecule has 0 atom stereocenters. The number of aryl methyl sites for hydroxylation is 1. The highest BCUT2D eigenvalue weighted by Gasteiger charge is 2.10. The average Bonchev–Trinajstić information content (AvgIpc) is 3.17. The van der Waals surface area contributed by atoms with E-state index in [0.717, 1.165) is 35.4 Å². The van der Waals surface area contributed by atoms with Crippen LogP contribution < -0.4 is 0 Å². The van der Waals surface area contributed by atoms with Gasteiger partial charge in [0.1, 0.15) is 5.82 Å². The van der Waals surface area contributed by atoms with Crippen molar-refractivity contribution in [2.45, 2.75) is 46.0 Å². The number of ketones is 1. The van der Waals surface area contributed by atoms with Gasteiger partial charge in [-0.1, -0.05) is 62.4 Å². The molecular weight excluding hydrogens is 363 g/mol. The number of benzene rings is 1. The zero-order valence-corrected chi connectivity index (χ0v) is 17.2. The SMILES string of the molecule is C=C/C=C(\C=C/C)c1cc(CCCC(=O)/C=C(\CCC)c2ccccc2F)[nH]n1. The summed E-state index contributed by atoms with van der Waals surface area (Å²) in [6.07, 6.45) is 12.6. The first kappa shape index (κ1) is 22.3. The second kappa shape index (κ2) is 11.7. The number of aromatic nitrogens is 2. The predicted molar refractivity (Wildman–Crippen MR) is 119 cm³/mol. The molecule has 0 radical (unpaired) electrons. The van der Waals surface area contributed by atoms with Crippen LogP contribution in [0.15, 0.2) is 67.3 Å². The number of rotatable bonds is 11. The lowest BCUT2D eigenvalue weighted by molar-refractivity contribution is -0.114. The summed E-state index contributed by atoms with van der Waals surface area (Å²) >= 11 is 0. The van der Waals surface area contributed by atoms with Crippen LogP contribution in [0.3, 0.4) is 0 Å². The molecule has 0 spiro atoms. The molecule has 0 bridgehead atoms. The van der Waals surface area contributed by atoms with Gasteiger partial charge in [0.2, 0.25) is 0 Å². The summed E-state index contributed by atoms with van der Waals surface area (Å²) in [6, 6.07) is 8.62. The van der Waals surface area contributed by atoms with Gasteiger partial charge >= 0.3 is 0 Å². The lowest BCUT2D eigenvalue weighted by Gasteiger charge is -2.07. The summed E-state index contributed by atoms with van der Waals surface area (Å²) in [7, 11) is 0. The Morgan fingerprint density at radius 2 is 2.07 bits per heavy atom. The van der Waals surface area contributed by atoms with Crippen molar-refractivity contribution in [2.24, 2.45) is 0 Å². The van der Waals surface area contributed by atoms with Crippen LogP contribution in [0.1, 0.15) is 56.5 Å². The number of nitrogens with one attached hydrogen (secondary N) is 1. The summed E-state index contributed by atoms with van der Waals surface area (Å²) in [6.45, 7) is 7.71. The van der Waals surface area contributed by atoms with Crippen molar-refractivity contribution in [3.63, 3.8) is 0 Å². The molecular formula is C25H29FN2O. The maximum Gasteiger partial charge on any atom is 0.155 e. The Morgan fingerprint density at radius 1 is 1.28 bits per heavy atom. The third-order valence-corrected chi connectivity index (χ3v) is 4.51. The van der Waals surface area contributed by atoms with E-state index in [4.69, 9.17) is 0 Å². The van der Waals surface area contributed by atoms with E-state index in [0.29, 0.717) is 24.8 Å². The molecule has 1 aromatic heterocycles. The number of halogens is 1. The topological polar surface area (TPSA) is 45.8 Å². The van der Waals surface area contributed by atoms with E-state index in [2.05, 4.69) is 16.8 Å². The summed E-state index contributed by atoms with van der Waals surface area (Å²) in [5.74, 6) is -0.257. The fourth-order valence-electron chi connectivity index (χ4n) is 3.17. The number of hydrogen-bond acceptors (Lipinski definition) is 2. The van der Waals surface area contributed by atoms with E-state index in [9.17, 15) is 9.18 Å². The maximum atomic E-state index is 14.1. The lowest BCUT2D eigenvalue weighted by Crippen LogP contribution is -1.99. The number of nitrogens with zero attached hydrogens (tertiary/aromatic N) is 1. The summed E-state index contributed by atoms with van der Waals surface area (Å²) in [5.41, 5.74) is 4.11. The van der Waals surface area contributed by atoms with E-state index < -0.39 is 0 Å². The first-order chi connectivity index (χ1) is 14.1. The Kier molecular flexibility index (Phi) is 9.03. The monoisotopic (exact) mass is 392 g/mol. The van der Waals surface area contributed by atoms with Gasteiger partial charge in [-0.2, -0.15) is 5.10 Å². The molecule has 0 unspecified atom stereocenters. The van der Waals surface area contributed by atoms with Gasteiger partial charge in [0.15, 0.2) is 5.78 Å². The third kappa shape index (κ3) is 6.83. The van der Waals surface area contributed by atoms with Crippen LogP contribution in [0.25, 0.3) is 11.1 Å². The molecule has 1 N–H and O–H groups in total. The average molecular weight is 393 g/mol. The van der Waals surface area contributed by atoms with Gasteiger partial charge in [-0.05, 0) is 50.0 Å². The molecule has 2 rings (SSSR count). The first-order valence-corrected chi connectivity index (χ1v) is 10.1. The van der Waals surface area contributed by atoms with E-state index in [1.165, 1.54) is 6.07 Å². The number of carbonyl (C=O) groups is 1. The van der Waals surface area contributed by atoms with Crippen LogP contribution in [-0.2, 0) is 11.2 Å². The highest BCUT2D eigenvalue weighted by atomic mass is 19.1. The number of H-pyrrole nitrogens is 1. The van der Waals surface area contributed by atoms with Gasteiger partial charge in [-0.3, -0.25) is 9.89 Å². The number of carbonyl (C=O) groups excluding carboxylic acids is 1. The van der Waals surface area contributed by atoms with Crippen molar-refractivity contribution in [3.8, 4) is 0 Å². The molecule has 4 heteroatoms. The molecule has 1 aromatic carbocycles. The van der Waals surface area contributed by atoms with Crippen LogP contribution in [0.4, 0.5) is 4.39 Å². The zero-order chi connectivity index (χ0) is 21.1. The summed E-state index contributed by atoms with van der Waals surface area (Å²) < 4.78 is 14.1. The molecule has 1 heterocycles. The van der Waals surface area contributed by atoms with Crippen molar-refractivity contribution < 1.29 is 9.18 Å². The lowest BCUT2D eigenvalue weighted by atomic mass is 9.98. The van der Waals surface area contributed by atoms with Gasteiger partial charge < -0.3 is 0 Å². The van der Waals surface area contributed by atoms with E-state index in [-0.39, 0.29) is 11.6 Å². The highest BCUT2D eigenvalue weighted by Crippen LogP contribution is 2.23. The standard InChI is InChI=1S/C25H29FN2O/c1-4-10-19(11-5-2)25-18-21(27-28-25)13-9-14-22(29)17-20(12-6-3)23-15-7-8-16-24(23)26/h4-5,7-8,10-11,15-18H,1,6,9,12-14H2,2-3H3,(H,27,28)/b11-5-,19-10+,20-17+. The smallest absolute Gasteiger partial charge is 0.155 e. The number of aromatic amines is 1. The number of hydrogen-bond donors (Lipinski definition) is 1. The molecule has 0 aliphatic heterocycles. The van der Waals surface area contributed by atoms with E-state index in [1.807, 2.05) is 38.1 Å². The molecule has 0 saturated heterocycles. The minimum Gasteiger partial charge on any atom is -0.295 e. The van der Waals surface area contributed by atoms with E-state index >= 15 is 0 Å². The first-order valence-electron chi connectivity index (χ1n) is 10.1. The molecule has 2 aromatic rings. The molecule has 0 aliphatic rings. The van der Waals surface area contributed by atoms with Crippen molar-refractivity contribution in [1.82, 2.24) is 10.2 Å². The van der Waals surface area contributed by atoms with Crippen molar-refractivity contribution in [1.29, 1.82) is 0 Å². The summed E-state index contributed by atoms with van der Waals surface area (Å²) in [5, 5.41) is 7.38. The van der Waals surface area contributed by atoms with Gasteiger partial charge in [-0.25, -0.2) is 4.39 Å². The fourth-order valence-corrected chi connectivity index (χ4v) is 3.17. The Bertz CT molecular complexity index is 918. The molecule has 0 amide bonds. The number of allylic oxidation sites excluding steroid dienone is 7. The van der Waals surface area contributed by atoms with Crippen LogP contribution >= 0.6 is 0 Å². The molecule has 3 nitrogen and oxygen atoms in total. The second-order valence-corrected chi connectivity index (χ2v) is 6.86. The minimum absolute atomic E-state index is 0.0256. The molecule has 0 aliphatic carbocycles. The Morgan fingerprint density at radius 3 is 2.76 bits per heavy atom. The maximum absolute atomic E-state index is 14.1. The molecule has 152 valence electrons. The van der Waals surface area contributed by atoms with Crippen LogP contribution in [0, 0.1) is 5.82 Å².